The Balaban J connectivity index is 3.03. The highest BCUT2D eigenvalue weighted by Crippen LogP contribution is 2.46. The maximum absolute atomic E-state index is 13.4. The van der Waals surface area contributed by atoms with Crippen LogP contribution in [-0.2, 0) is 18.9 Å². The molecule has 0 bridgehead atoms. The molecule has 0 spiro atoms. The summed E-state index contributed by atoms with van der Waals surface area (Å²) in [4.78, 5) is 0. The average molecular weight is 284 g/mol. The first-order chi connectivity index (χ1) is 7.93. The Morgan fingerprint density at radius 1 is 1.22 bits per heavy atom. The van der Waals surface area contributed by atoms with Crippen LogP contribution in [0.2, 0.25) is 0 Å². The van der Waals surface area contributed by atoms with Crippen LogP contribution in [0.5, 0.6) is 0 Å². The summed E-state index contributed by atoms with van der Waals surface area (Å²) in [6.45, 7) is -0.799. The van der Waals surface area contributed by atoms with Crippen LogP contribution in [0.4, 0.5) is 26.3 Å². The molecule has 0 aromatic carbocycles. The summed E-state index contributed by atoms with van der Waals surface area (Å²) in [5.74, 6) is -3.44. The van der Waals surface area contributed by atoms with E-state index in [9.17, 15) is 26.3 Å². The Morgan fingerprint density at radius 3 is 2.17 bits per heavy atom. The molecule has 1 aliphatic heterocycles. The standard InChI is InChI=1S/C8H10F6O4/c1-3-15-6(17-5(2,9)10)4-16-8(13,14)18-7(6,11)12/h3-4H2,1-2H3. The van der Waals surface area contributed by atoms with Crippen LogP contribution >= 0.6 is 0 Å². The molecule has 0 N–H and O–H groups in total. The van der Waals surface area contributed by atoms with Gasteiger partial charge in [-0.3, -0.25) is 9.47 Å². The number of alkyl halides is 6. The fourth-order valence-electron chi connectivity index (χ4n) is 1.29. The van der Waals surface area contributed by atoms with Crippen molar-refractivity contribution >= 4 is 0 Å². The Labute approximate surface area is 97.7 Å². The minimum Gasteiger partial charge on any atom is -0.341 e. The maximum Gasteiger partial charge on any atom is 0.490 e. The highest BCUT2D eigenvalue weighted by atomic mass is 19.3. The van der Waals surface area contributed by atoms with Gasteiger partial charge in [0.2, 0.25) is 0 Å². The second kappa shape index (κ2) is 4.51. The molecular weight excluding hydrogens is 274 g/mol. The molecular formula is C8H10F6O4. The fraction of sp³-hybridized carbons (Fsp3) is 1.00. The first kappa shape index (κ1) is 15.5. The molecule has 0 saturated carbocycles. The van der Waals surface area contributed by atoms with Gasteiger partial charge in [-0.2, -0.15) is 17.6 Å². The van der Waals surface area contributed by atoms with E-state index in [1.807, 2.05) is 0 Å². The van der Waals surface area contributed by atoms with Crippen LogP contribution in [0.25, 0.3) is 0 Å². The molecule has 1 fully saturated rings. The van der Waals surface area contributed by atoms with Crippen LogP contribution in [-0.4, -0.2) is 37.5 Å². The van der Waals surface area contributed by atoms with Crippen molar-refractivity contribution in [3.8, 4) is 0 Å². The van der Waals surface area contributed by atoms with Crippen LogP contribution in [0.1, 0.15) is 13.8 Å². The van der Waals surface area contributed by atoms with Crippen molar-refractivity contribution < 1.29 is 45.3 Å². The van der Waals surface area contributed by atoms with Crippen molar-refractivity contribution in [2.75, 3.05) is 13.2 Å². The zero-order valence-electron chi connectivity index (χ0n) is 9.31. The maximum atomic E-state index is 13.4. The van der Waals surface area contributed by atoms with Crippen LogP contribution < -0.4 is 0 Å². The predicted molar refractivity (Wildman–Crippen MR) is 43.0 cm³/mol. The van der Waals surface area contributed by atoms with Crippen molar-refractivity contribution in [1.29, 1.82) is 0 Å². The van der Waals surface area contributed by atoms with Crippen molar-refractivity contribution in [2.24, 2.45) is 0 Å². The summed E-state index contributed by atoms with van der Waals surface area (Å²) in [7, 11) is 0. The van der Waals surface area contributed by atoms with E-state index in [1.165, 1.54) is 6.92 Å². The van der Waals surface area contributed by atoms with E-state index in [0.29, 0.717) is 0 Å². The lowest BCUT2D eigenvalue weighted by molar-refractivity contribution is -0.582. The molecule has 18 heavy (non-hydrogen) atoms. The summed E-state index contributed by atoms with van der Waals surface area (Å²) in [6, 6.07) is 0. The normalized spacial score (nSPS) is 31.3. The summed E-state index contributed by atoms with van der Waals surface area (Å²) in [6.07, 6.45) is -13.5. The molecule has 10 heteroatoms. The smallest absolute Gasteiger partial charge is 0.341 e. The molecule has 1 aliphatic rings. The van der Waals surface area contributed by atoms with Gasteiger partial charge in [-0.1, -0.05) is 0 Å². The van der Waals surface area contributed by atoms with Crippen LogP contribution in [0, 0.1) is 0 Å². The van der Waals surface area contributed by atoms with E-state index in [0.717, 1.165) is 0 Å². The monoisotopic (exact) mass is 284 g/mol. The van der Waals surface area contributed by atoms with Gasteiger partial charge in [-0.25, -0.2) is 4.74 Å². The number of halogens is 6. The molecule has 0 amide bonds. The zero-order chi connectivity index (χ0) is 14.2. The summed E-state index contributed by atoms with van der Waals surface area (Å²) in [5.41, 5.74) is 0. The Morgan fingerprint density at radius 2 is 1.78 bits per heavy atom. The minimum atomic E-state index is -4.82. The minimum absolute atomic E-state index is 0.149. The number of ether oxygens (including phenoxy) is 4. The first-order valence-corrected chi connectivity index (χ1v) is 4.75. The summed E-state index contributed by atoms with van der Waals surface area (Å²) in [5, 5.41) is 0. The van der Waals surface area contributed by atoms with Gasteiger partial charge in [0.25, 0.3) is 5.79 Å². The van der Waals surface area contributed by atoms with Gasteiger partial charge in [-0.15, -0.1) is 8.78 Å². The Kier molecular flexibility index (Phi) is 3.88. The number of hydrogen-bond acceptors (Lipinski definition) is 4. The first-order valence-electron chi connectivity index (χ1n) is 4.75. The quantitative estimate of drug-likeness (QED) is 0.587. The van der Waals surface area contributed by atoms with Gasteiger partial charge < -0.3 is 4.74 Å². The SMILES string of the molecule is CCOC1(OC(C)(F)F)COC(F)(F)OC1(F)F. The predicted octanol–water partition coefficient (Wildman–Crippen LogP) is 2.54. The molecule has 1 unspecified atom stereocenters. The molecule has 0 radical (unpaired) electrons. The fourth-order valence-corrected chi connectivity index (χ4v) is 1.29. The van der Waals surface area contributed by atoms with Gasteiger partial charge in [0.05, 0.1) is 0 Å². The molecule has 0 aliphatic carbocycles. The third kappa shape index (κ3) is 3.25. The molecule has 0 aromatic heterocycles. The Bertz CT molecular complexity index is 304. The topological polar surface area (TPSA) is 36.9 Å². The van der Waals surface area contributed by atoms with Crippen molar-refractivity contribution in [2.45, 2.75) is 38.1 Å². The van der Waals surface area contributed by atoms with E-state index in [1.54, 1.807) is 0 Å². The summed E-state index contributed by atoms with van der Waals surface area (Å²) >= 11 is 0. The van der Waals surface area contributed by atoms with Gasteiger partial charge in [-0.05, 0) is 6.92 Å². The lowest BCUT2D eigenvalue weighted by atomic mass is 10.2. The largest absolute Gasteiger partial charge is 0.490 e. The number of rotatable bonds is 4. The summed E-state index contributed by atoms with van der Waals surface area (Å²) < 4.78 is 91.7. The molecule has 4 nitrogen and oxygen atoms in total. The van der Waals surface area contributed by atoms with Gasteiger partial charge in [0, 0.05) is 13.5 Å². The second-order valence-electron chi connectivity index (χ2n) is 3.47. The van der Waals surface area contributed by atoms with E-state index < -0.39 is 37.5 Å². The average Bonchev–Trinajstić information content (AvgIpc) is 2.08. The van der Waals surface area contributed by atoms with Gasteiger partial charge in [0.1, 0.15) is 6.61 Å². The second-order valence-corrected chi connectivity index (χ2v) is 3.47. The lowest BCUT2D eigenvalue weighted by Crippen LogP contribution is -2.65. The van der Waals surface area contributed by atoms with Gasteiger partial charge >= 0.3 is 18.5 Å². The molecule has 0 aromatic rings. The van der Waals surface area contributed by atoms with E-state index in [2.05, 4.69) is 18.9 Å². The van der Waals surface area contributed by atoms with Crippen LogP contribution in [0.15, 0.2) is 0 Å². The van der Waals surface area contributed by atoms with Crippen molar-refractivity contribution in [3.05, 3.63) is 0 Å². The number of hydrogen-bond donors (Lipinski definition) is 0. The molecule has 1 saturated heterocycles. The molecule has 1 heterocycles. The van der Waals surface area contributed by atoms with Gasteiger partial charge in [0.15, 0.2) is 0 Å². The molecule has 108 valence electrons. The highest BCUT2D eigenvalue weighted by molar-refractivity contribution is 4.85. The third-order valence-corrected chi connectivity index (χ3v) is 1.84. The van der Waals surface area contributed by atoms with E-state index >= 15 is 0 Å². The van der Waals surface area contributed by atoms with Crippen LogP contribution in [0.3, 0.4) is 0 Å². The van der Waals surface area contributed by atoms with E-state index in [4.69, 9.17) is 0 Å². The highest BCUT2D eigenvalue weighted by Gasteiger charge is 2.69. The van der Waals surface area contributed by atoms with E-state index in [-0.39, 0.29) is 6.92 Å². The Hall–Kier alpha value is -0.580. The molecule has 1 rings (SSSR count). The zero-order valence-corrected chi connectivity index (χ0v) is 9.31. The molecule has 1 atom stereocenters. The lowest BCUT2D eigenvalue weighted by Gasteiger charge is -2.44. The van der Waals surface area contributed by atoms with Crippen molar-refractivity contribution in [3.63, 3.8) is 0 Å². The third-order valence-electron chi connectivity index (χ3n) is 1.84. The van der Waals surface area contributed by atoms with Crippen molar-refractivity contribution in [1.82, 2.24) is 0 Å².